The number of aromatic amines is 1. The van der Waals surface area contributed by atoms with Crippen LogP contribution < -0.4 is 15.2 Å². The van der Waals surface area contributed by atoms with Gasteiger partial charge in [0.25, 0.3) is 0 Å². The molecule has 0 unspecified atom stereocenters. The highest BCUT2D eigenvalue weighted by Gasteiger charge is 2.18. The second-order valence-corrected chi connectivity index (χ2v) is 3.83. The minimum absolute atomic E-state index is 0.300. The lowest BCUT2D eigenvalue weighted by molar-refractivity contribution is 0.172. The highest BCUT2D eigenvalue weighted by molar-refractivity contribution is 6.32. The maximum absolute atomic E-state index is 10.9. The zero-order valence-corrected chi connectivity index (χ0v) is 9.28. The number of hydrogen-bond acceptors (Lipinski definition) is 5. The highest BCUT2D eigenvalue weighted by Crippen LogP contribution is 2.40. The Morgan fingerprint density at radius 2 is 2.12 bits per heavy atom. The first kappa shape index (κ1) is 10.2. The number of fused-ring (bicyclic) bond motifs is 1. The largest absolute Gasteiger partial charge is 0.486 e. The predicted molar refractivity (Wildman–Crippen MR) is 58.6 cm³/mol. The van der Waals surface area contributed by atoms with Gasteiger partial charge in [-0.2, -0.15) is 0 Å². The van der Waals surface area contributed by atoms with Gasteiger partial charge in [-0.1, -0.05) is 16.8 Å². The Hall–Kier alpha value is -1.95. The van der Waals surface area contributed by atoms with Crippen molar-refractivity contribution in [2.75, 3.05) is 13.2 Å². The van der Waals surface area contributed by atoms with Crippen molar-refractivity contribution in [1.82, 2.24) is 10.1 Å². The molecule has 0 atom stereocenters. The first-order valence-electron chi connectivity index (χ1n) is 4.89. The van der Waals surface area contributed by atoms with E-state index in [1.165, 1.54) is 0 Å². The molecule has 88 valence electrons. The fourth-order valence-electron chi connectivity index (χ4n) is 1.60. The smallest absolute Gasteiger partial charge is 0.439 e. The summed E-state index contributed by atoms with van der Waals surface area (Å²) in [5, 5.41) is 3.98. The molecule has 0 aliphatic carbocycles. The number of ether oxygens (including phenoxy) is 2. The molecule has 1 aromatic heterocycles. The fraction of sp³-hybridized carbons (Fsp3) is 0.200. The van der Waals surface area contributed by atoms with E-state index in [-0.39, 0.29) is 0 Å². The van der Waals surface area contributed by atoms with Crippen molar-refractivity contribution in [2.45, 2.75) is 0 Å². The second kappa shape index (κ2) is 3.81. The van der Waals surface area contributed by atoms with Crippen molar-refractivity contribution < 1.29 is 14.0 Å². The molecule has 1 aliphatic rings. The summed E-state index contributed by atoms with van der Waals surface area (Å²) >= 11 is 6.05. The van der Waals surface area contributed by atoms with Gasteiger partial charge in [-0.05, 0) is 12.1 Å². The van der Waals surface area contributed by atoms with E-state index in [2.05, 4.69) is 14.7 Å². The van der Waals surface area contributed by atoms with Gasteiger partial charge in [-0.3, -0.25) is 9.51 Å². The third-order valence-corrected chi connectivity index (χ3v) is 2.59. The van der Waals surface area contributed by atoms with E-state index in [1.54, 1.807) is 12.1 Å². The summed E-state index contributed by atoms with van der Waals surface area (Å²) in [6, 6.07) is 3.32. The van der Waals surface area contributed by atoms with E-state index < -0.39 is 5.76 Å². The lowest BCUT2D eigenvalue weighted by atomic mass is 10.2. The number of H-pyrrole nitrogens is 1. The Kier molecular flexibility index (Phi) is 2.29. The van der Waals surface area contributed by atoms with Crippen LogP contribution in [0.5, 0.6) is 11.5 Å². The van der Waals surface area contributed by atoms with Crippen LogP contribution in [0.25, 0.3) is 11.4 Å². The maximum atomic E-state index is 10.9. The van der Waals surface area contributed by atoms with Crippen molar-refractivity contribution in [3.63, 3.8) is 0 Å². The Morgan fingerprint density at radius 3 is 2.88 bits per heavy atom. The molecule has 2 heterocycles. The van der Waals surface area contributed by atoms with Gasteiger partial charge in [0.15, 0.2) is 17.3 Å². The number of nitrogens with zero attached hydrogens (tertiary/aromatic N) is 1. The molecule has 0 radical (unpaired) electrons. The summed E-state index contributed by atoms with van der Waals surface area (Å²) in [6.45, 7) is 0.926. The van der Waals surface area contributed by atoms with Gasteiger partial charge in [0, 0.05) is 5.56 Å². The van der Waals surface area contributed by atoms with Gasteiger partial charge < -0.3 is 9.47 Å². The Balaban J connectivity index is 2.13. The monoisotopic (exact) mass is 254 g/mol. The Labute approximate surface area is 100 Å². The minimum Gasteiger partial charge on any atom is -0.486 e. The average Bonchev–Trinajstić information content (AvgIpc) is 2.76. The molecule has 0 saturated carbocycles. The molecule has 0 amide bonds. The molecule has 1 aliphatic heterocycles. The summed E-state index contributed by atoms with van der Waals surface area (Å²) in [4.78, 5) is 13.3. The minimum atomic E-state index is -0.619. The van der Waals surface area contributed by atoms with E-state index >= 15 is 0 Å². The predicted octanol–water partition coefficient (Wildman–Crippen LogP) is 1.45. The van der Waals surface area contributed by atoms with Crippen LogP contribution in [-0.2, 0) is 0 Å². The van der Waals surface area contributed by atoms with E-state index in [0.29, 0.717) is 41.1 Å². The summed E-state index contributed by atoms with van der Waals surface area (Å²) in [6.07, 6.45) is 0. The fourth-order valence-corrected chi connectivity index (χ4v) is 1.87. The summed E-state index contributed by atoms with van der Waals surface area (Å²) in [7, 11) is 0. The van der Waals surface area contributed by atoms with Crippen LogP contribution in [0.15, 0.2) is 21.5 Å². The number of hydrogen-bond donors (Lipinski definition) is 1. The van der Waals surface area contributed by atoms with Crippen molar-refractivity contribution in [3.05, 3.63) is 27.7 Å². The first-order chi connectivity index (χ1) is 8.24. The van der Waals surface area contributed by atoms with E-state index in [9.17, 15) is 4.79 Å². The summed E-state index contributed by atoms with van der Waals surface area (Å²) in [5.74, 6) is 0.718. The molecule has 0 fully saturated rings. The van der Waals surface area contributed by atoms with Crippen LogP contribution in [0, 0.1) is 0 Å². The number of nitrogens with one attached hydrogen (secondary N) is 1. The third-order valence-electron chi connectivity index (χ3n) is 2.31. The number of halogens is 1. The highest BCUT2D eigenvalue weighted by atomic mass is 35.5. The molecule has 0 bridgehead atoms. The zero-order valence-electron chi connectivity index (χ0n) is 8.53. The number of rotatable bonds is 1. The molecular weight excluding hydrogens is 248 g/mol. The van der Waals surface area contributed by atoms with Crippen molar-refractivity contribution in [1.29, 1.82) is 0 Å². The topological polar surface area (TPSA) is 77.4 Å². The second-order valence-electron chi connectivity index (χ2n) is 3.43. The van der Waals surface area contributed by atoms with Gasteiger partial charge in [0.2, 0.25) is 0 Å². The van der Waals surface area contributed by atoms with Crippen LogP contribution in [-0.4, -0.2) is 23.4 Å². The standard InChI is InChI=1S/C10H7ClN2O4/c11-6-3-5(9-12-10(14)17-13-9)4-7-8(6)16-2-1-15-7/h3-4H,1-2H2,(H,12,13,14). The molecule has 17 heavy (non-hydrogen) atoms. The quantitative estimate of drug-likeness (QED) is 0.833. The lowest BCUT2D eigenvalue weighted by Gasteiger charge is -2.19. The van der Waals surface area contributed by atoms with Crippen LogP contribution in [0.2, 0.25) is 5.02 Å². The van der Waals surface area contributed by atoms with Crippen LogP contribution in [0.1, 0.15) is 0 Å². The summed E-state index contributed by atoms with van der Waals surface area (Å²) in [5.41, 5.74) is 0.602. The molecule has 1 N–H and O–H groups in total. The maximum Gasteiger partial charge on any atom is 0.439 e. The molecule has 6 nitrogen and oxygen atoms in total. The Morgan fingerprint density at radius 1 is 1.29 bits per heavy atom. The van der Waals surface area contributed by atoms with Crippen LogP contribution in [0.4, 0.5) is 0 Å². The molecular formula is C10H7ClN2O4. The first-order valence-corrected chi connectivity index (χ1v) is 5.27. The van der Waals surface area contributed by atoms with Crippen molar-refractivity contribution in [2.24, 2.45) is 0 Å². The summed E-state index contributed by atoms with van der Waals surface area (Å²) < 4.78 is 15.2. The van der Waals surface area contributed by atoms with E-state index in [0.717, 1.165) is 0 Å². The normalized spacial score (nSPS) is 13.7. The van der Waals surface area contributed by atoms with Gasteiger partial charge in [0.05, 0.1) is 5.02 Å². The lowest BCUT2D eigenvalue weighted by Crippen LogP contribution is -2.15. The molecule has 2 aromatic rings. The molecule has 7 heteroatoms. The Bertz CT molecular complexity index is 619. The van der Waals surface area contributed by atoms with Crippen LogP contribution >= 0.6 is 11.6 Å². The van der Waals surface area contributed by atoms with Gasteiger partial charge in [-0.25, -0.2) is 4.79 Å². The third kappa shape index (κ3) is 1.76. The van der Waals surface area contributed by atoms with Gasteiger partial charge in [-0.15, -0.1) is 0 Å². The molecule has 1 aromatic carbocycles. The average molecular weight is 255 g/mol. The van der Waals surface area contributed by atoms with E-state index in [1.807, 2.05) is 0 Å². The molecule has 3 rings (SSSR count). The van der Waals surface area contributed by atoms with Gasteiger partial charge >= 0.3 is 5.76 Å². The number of aromatic nitrogens is 2. The van der Waals surface area contributed by atoms with Gasteiger partial charge in [0.1, 0.15) is 13.2 Å². The van der Waals surface area contributed by atoms with E-state index in [4.69, 9.17) is 21.1 Å². The number of benzene rings is 1. The zero-order chi connectivity index (χ0) is 11.8. The SMILES string of the molecule is O=c1[nH]c(-c2cc(Cl)c3c(c2)OCCO3)no1. The van der Waals surface area contributed by atoms with Crippen molar-refractivity contribution in [3.8, 4) is 22.9 Å². The van der Waals surface area contributed by atoms with Crippen molar-refractivity contribution >= 4 is 11.6 Å². The molecule has 0 saturated heterocycles. The van der Waals surface area contributed by atoms with Crippen LogP contribution in [0.3, 0.4) is 0 Å². The molecule has 0 spiro atoms.